The van der Waals surface area contributed by atoms with Crippen molar-refractivity contribution < 1.29 is 14.6 Å². The number of rotatable bonds is 2. The molecule has 4 atom stereocenters. The van der Waals surface area contributed by atoms with Gasteiger partial charge in [0.15, 0.2) is 5.79 Å². The van der Waals surface area contributed by atoms with Crippen LogP contribution in [-0.2, 0) is 9.47 Å². The van der Waals surface area contributed by atoms with Gasteiger partial charge < -0.3 is 14.6 Å². The van der Waals surface area contributed by atoms with Crippen molar-refractivity contribution in [2.24, 2.45) is 0 Å². The minimum Gasteiger partial charge on any atom is -0.387 e. The molecule has 2 rings (SSSR count). The molecule has 1 heterocycles. The molecule has 1 saturated heterocycles. The second-order valence-electron chi connectivity index (χ2n) is 4.68. The average molecular weight is 200 g/mol. The lowest BCUT2D eigenvalue weighted by Crippen LogP contribution is -2.41. The van der Waals surface area contributed by atoms with Gasteiger partial charge in [-0.25, -0.2) is 0 Å². The smallest absolute Gasteiger partial charge is 0.166 e. The van der Waals surface area contributed by atoms with Crippen molar-refractivity contribution in [1.82, 2.24) is 0 Å². The SMILES string of the molecule is CC[C@@]1(C)O[C@@H]2[C@@H](CC[C@@]2(O)CC)O1. The first-order chi connectivity index (χ1) is 6.53. The Kier molecular flexibility index (Phi) is 2.37. The fraction of sp³-hybridized carbons (Fsp3) is 1.00. The standard InChI is InChI=1S/C11H20O3/c1-4-10(3)13-8-6-7-11(12,5-2)9(8)14-10/h8-9,12H,4-7H2,1-3H3/t8-,9-,10-,11+/m1/s1. The predicted octanol–water partition coefficient (Wildman–Crippen LogP) is 1.83. The summed E-state index contributed by atoms with van der Waals surface area (Å²) in [6.45, 7) is 6.01. The van der Waals surface area contributed by atoms with Crippen LogP contribution in [0.5, 0.6) is 0 Å². The minimum absolute atomic E-state index is 0.102. The van der Waals surface area contributed by atoms with Crippen molar-refractivity contribution in [3.63, 3.8) is 0 Å². The monoisotopic (exact) mass is 200 g/mol. The Morgan fingerprint density at radius 3 is 2.57 bits per heavy atom. The van der Waals surface area contributed by atoms with E-state index in [1.165, 1.54) is 0 Å². The third-order valence-electron chi connectivity index (χ3n) is 3.76. The van der Waals surface area contributed by atoms with Crippen molar-refractivity contribution in [3.05, 3.63) is 0 Å². The first-order valence-electron chi connectivity index (χ1n) is 5.61. The Hall–Kier alpha value is -0.120. The Balaban J connectivity index is 2.14. The molecule has 0 aromatic rings. The van der Waals surface area contributed by atoms with Gasteiger partial charge in [0.2, 0.25) is 0 Å². The molecule has 3 nitrogen and oxygen atoms in total. The molecule has 1 N–H and O–H groups in total. The van der Waals surface area contributed by atoms with Gasteiger partial charge in [0.1, 0.15) is 6.10 Å². The van der Waals surface area contributed by atoms with E-state index in [4.69, 9.17) is 9.47 Å². The van der Waals surface area contributed by atoms with E-state index in [2.05, 4.69) is 0 Å². The average Bonchev–Trinajstić information content (AvgIpc) is 2.66. The molecule has 2 aliphatic rings. The van der Waals surface area contributed by atoms with Gasteiger partial charge in [-0.1, -0.05) is 13.8 Å². The quantitative estimate of drug-likeness (QED) is 0.739. The van der Waals surface area contributed by atoms with Gasteiger partial charge in [0.25, 0.3) is 0 Å². The van der Waals surface area contributed by atoms with E-state index >= 15 is 0 Å². The number of aliphatic hydroxyl groups is 1. The van der Waals surface area contributed by atoms with Crippen LogP contribution in [0, 0.1) is 0 Å². The zero-order chi connectivity index (χ0) is 10.4. The van der Waals surface area contributed by atoms with Gasteiger partial charge in [-0.3, -0.25) is 0 Å². The second kappa shape index (κ2) is 3.19. The molecule has 0 bridgehead atoms. The number of hydrogen-bond donors (Lipinski definition) is 1. The fourth-order valence-electron chi connectivity index (χ4n) is 2.50. The lowest BCUT2D eigenvalue weighted by molar-refractivity contribution is -0.191. The van der Waals surface area contributed by atoms with E-state index in [1.807, 2.05) is 20.8 Å². The topological polar surface area (TPSA) is 38.7 Å². The summed E-state index contributed by atoms with van der Waals surface area (Å²) in [5.41, 5.74) is -0.655. The van der Waals surface area contributed by atoms with E-state index in [1.54, 1.807) is 0 Å². The van der Waals surface area contributed by atoms with Crippen LogP contribution in [0.1, 0.15) is 46.5 Å². The van der Waals surface area contributed by atoms with Crippen LogP contribution in [0.3, 0.4) is 0 Å². The molecule has 3 heteroatoms. The molecule has 0 unspecified atom stereocenters. The normalized spacial score (nSPS) is 52.3. The summed E-state index contributed by atoms with van der Waals surface area (Å²) in [6.07, 6.45) is 3.29. The van der Waals surface area contributed by atoms with Crippen LogP contribution >= 0.6 is 0 Å². The summed E-state index contributed by atoms with van der Waals surface area (Å²) in [6, 6.07) is 0. The molecule has 1 aliphatic heterocycles. The largest absolute Gasteiger partial charge is 0.387 e. The Morgan fingerprint density at radius 1 is 1.29 bits per heavy atom. The number of fused-ring (bicyclic) bond motifs is 1. The summed E-state index contributed by atoms with van der Waals surface area (Å²) in [4.78, 5) is 0. The van der Waals surface area contributed by atoms with Crippen LogP contribution in [0.15, 0.2) is 0 Å². The highest BCUT2D eigenvalue weighted by Gasteiger charge is 2.56. The van der Waals surface area contributed by atoms with Crippen molar-refractivity contribution in [1.29, 1.82) is 0 Å². The molecule has 82 valence electrons. The van der Waals surface area contributed by atoms with E-state index in [-0.39, 0.29) is 12.2 Å². The number of hydrogen-bond acceptors (Lipinski definition) is 3. The third kappa shape index (κ3) is 1.38. The second-order valence-corrected chi connectivity index (χ2v) is 4.68. The maximum Gasteiger partial charge on any atom is 0.166 e. The highest BCUT2D eigenvalue weighted by molar-refractivity contribution is 5.03. The van der Waals surface area contributed by atoms with E-state index < -0.39 is 11.4 Å². The molecule has 2 fully saturated rings. The summed E-state index contributed by atoms with van der Waals surface area (Å²) >= 11 is 0. The fourth-order valence-corrected chi connectivity index (χ4v) is 2.50. The van der Waals surface area contributed by atoms with Crippen molar-refractivity contribution >= 4 is 0 Å². The van der Waals surface area contributed by atoms with Gasteiger partial charge in [0, 0.05) is 0 Å². The number of ether oxygens (including phenoxy) is 2. The highest BCUT2D eigenvalue weighted by atomic mass is 16.8. The summed E-state index contributed by atoms with van der Waals surface area (Å²) in [5.74, 6) is -0.473. The first-order valence-corrected chi connectivity index (χ1v) is 5.61. The third-order valence-corrected chi connectivity index (χ3v) is 3.76. The van der Waals surface area contributed by atoms with Crippen molar-refractivity contribution in [2.45, 2.75) is 70.1 Å². The lowest BCUT2D eigenvalue weighted by atomic mass is 9.96. The van der Waals surface area contributed by atoms with Crippen LogP contribution in [0.25, 0.3) is 0 Å². The van der Waals surface area contributed by atoms with Crippen LogP contribution in [-0.4, -0.2) is 28.7 Å². The van der Waals surface area contributed by atoms with Crippen LogP contribution < -0.4 is 0 Å². The molecule has 1 aliphatic carbocycles. The maximum atomic E-state index is 10.3. The summed E-state index contributed by atoms with van der Waals surface area (Å²) < 4.78 is 11.7. The summed E-state index contributed by atoms with van der Waals surface area (Å²) in [5, 5.41) is 10.3. The zero-order valence-electron chi connectivity index (χ0n) is 9.25. The predicted molar refractivity (Wildman–Crippen MR) is 52.9 cm³/mol. The maximum absolute atomic E-state index is 10.3. The Morgan fingerprint density at radius 2 is 2.00 bits per heavy atom. The first kappa shape index (κ1) is 10.4. The van der Waals surface area contributed by atoms with E-state index in [0.717, 1.165) is 25.7 Å². The van der Waals surface area contributed by atoms with Gasteiger partial charge in [-0.15, -0.1) is 0 Å². The van der Waals surface area contributed by atoms with Crippen molar-refractivity contribution in [3.8, 4) is 0 Å². The molecule has 0 spiro atoms. The van der Waals surface area contributed by atoms with Gasteiger partial charge >= 0.3 is 0 Å². The molecule has 0 radical (unpaired) electrons. The molecule has 1 saturated carbocycles. The summed E-state index contributed by atoms with van der Waals surface area (Å²) in [7, 11) is 0. The molecule has 0 aromatic heterocycles. The molecular weight excluding hydrogens is 180 g/mol. The van der Waals surface area contributed by atoms with Crippen LogP contribution in [0.2, 0.25) is 0 Å². The van der Waals surface area contributed by atoms with Crippen LogP contribution in [0.4, 0.5) is 0 Å². The Bertz CT molecular complexity index is 231. The molecule has 0 aromatic carbocycles. The molecule has 14 heavy (non-hydrogen) atoms. The van der Waals surface area contributed by atoms with Crippen molar-refractivity contribution in [2.75, 3.05) is 0 Å². The van der Waals surface area contributed by atoms with E-state index in [0.29, 0.717) is 0 Å². The molecular formula is C11H20O3. The zero-order valence-corrected chi connectivity index (χ0v) is 9.25. The van der Waals surface area contributed by atoms with Gasteiger partial charge in [-0.05, 0) is 32.6 Å². The Labute approximate surface area is 85.4 Å². The van der Waals surface area contributed by atoms with E-state index in [9.17, 15) is 5.11 Å². The highest BCUT2D eigenvalue weighted by Crippen LogP contribution is 2.46. The van der Waals surface area contributed by atoms with Gasteiger partial charge in [-0.2, -0.15) is 0 Å². The minimum atomic E-state index is -0.655. The lowest BCUT2D eigenvalue weighted by Gasteiger charge is -2.29. The van der Waals surface area contributed by atoms with Gasteiger partial charge in [0.05, 0.1) is 11.7 Å². The molecule has 0 amide bonds.